The molecule has 0 bridgehead atoms. The first kappa shape index (κ1) is 25.7. The van der Waals surface area contributed by atoms with Gasteiger partial charge >= 0.3 is 5.97 Å². The van der Waals surface area contributed by atoms with Crippen LogP contribution in [0.1, 0.15) is 68.6 Å². The molecule has 2 aliphatic carbocycles. The largest absolute Gasteiger partial charge is 0.482 e. The molecule has 5 heteroatoms. The number of unbranched alkanes of at least 4 members (excludes halogenated alkanes) is 2. The van der Waals surface area contributed by atoms with Crippen molar-refractivity contribution in [1.29, 1.82) is 0 Å². The first-order chi connectivity index (χ1) is 17.0. The molecule has 0 amide bonds. The number of carbonyl (C=O) groups is 1. The lowest BCUT2D eigenvalue weighted by Crippen LogP contribution is -2.28. The third kappa shape index (κ3) is 6.86. The van der Waals surface area contributed by atoms with Gasteiger partial charge in [-0.3, -0.25) is 0 Å². The number of carbonyl (C=O) groups excluding carboxylic acids is 1. The molecule has 5 unspecified atom stereocenters. The highest BCUT2D eigenvalue weighted by atomic mass is 16.6. The van der Waals surface area contributed by atoms with Crippen LogP contribution in [0.25, 0.3) is 0 Å². The number of esters is 1. The fraction of sp³-hybridized carbons (Fsp3) is 0.567. The summed E-state index contributed by atoms with van der Waals surface area (Å²) in [6, 6.07) is 15.7. The Labute approximate surface area is 209 Å². The van der Waals surface area contributed by atoms with Gasteiger partial charge < -0.3 is 19.7 Å². The van der Waals surface area contributed by atoms with Gasteiger partial charge in [-0.2, -0.15) is 0 Å². The molecule has 4 rings (SSSR count). The van der Waals surface area contributed by atoms with E-state index in [1.807, 2.05) is 42.5 Å². The Kier molecular flexibility index (Phi) is 9.22. The van der Waals surface area contributed by atoms with E-state index in [1.54, 1.807) is 0 Å². The van der Waals surface area contributed by atoms with E-state index in [1.165, 1.54) is 12.0 Å². The minimum atomic E-state index is -0.381. The Bertz CT molecular complexity index is 943. The van der Waals surface area contributed by atoms with E-state index in [4.69, 9.17) is 9.47 Å². The first-order valence-corrected chi connectivity index (χ1v) is 13.3. The van der Waals surface area contributed by atoms with Crippen LogP contribution in [0.4, 0.5) is 0 Å². The van der Waals surface area contributed by atoms with E-state index < -0.39 is 0 Å². The van der Waals surface area contributed by atoms with Gasteiger partial charge in [0.2, 0.25) is 0 Å². The van der Waals surface area contributed by atoms with Gasteiger partial charge in [0.05, 0.1) is 12.2 Å². The molecule has 0 radical (unpaired) electrons. The third-order valence-electron chi connectivity index (χ3n) is 7.91. The fourth-order valence-corrected chi connectivity index (χ4v) is 6.01. The van der Waals surface area contributed by atoms with Crippen molar-refractivity contribution in [3.05, 3.63) is 65.2 Å². The Morgan fingerprint density at radius 3 is 2.69 bits per heavy atom. The Morgan fingerprint density at radius 2 is 1.89 bits per heavy atom. The van der Waals surface area contributed by atoms with Crippen molar-refractivity contribution >= 4 is 5.97 Å². The molecule has 0 spiro atoms. The van der Waals surface area contributed by atoms with Gasteiger partial charge in [-0.25, -0.2) is 4.79 Å². The average molecular weight is 481 g/mol. The van der Waals surface area contributed by atoms with Crippen LogP contribution < -0.4 is 4.74 Å². The maximum Gasteiger partial charge on any atom is 0.344 e. The maximum absolute atomic E-state index is 12.2. The van der Waals surface area contributed by atoms with Gasteiger partial charge in [0.15, 0.2) is 6.61 Å². The van der Waals surface area contributed by atoms with Crippen molar-refractivity contribution in [3.63, 3.8) is 0 Å². The van der Waals surface area contributed by atoms with Gasteiger partial charge in [-0.15, -0.1) is 0 Å². The van der Waals surface area contributed by atoms with Crippen molar-refractivity contribution < 1.29 is 24.5 Å². The number of fused-ring (bicyclic) bond motifs is 2. The molecule has 1 saturated carbocycles. The van der Waals surface area contributed by atoms with E-state index >= 15 is 0 Å². The first-order valence-electron chi connectivity index (χ1n) is 13.3. The van der Waals surface area contributed by atoms with Crippen LogP contribution in [0, 0.1) is 17.8 Å². The molecule has 1 fully saturated rings. The van der Waals surface area contributed by atoms with Crippen LogP contribution >= 0.6 is 0 Å². The molecule has 5 nitrogen and oxygen atoms in total. The van der Waals surface area contributed by atoms with E-state index in [0.717, 1.165) is 68.2 Å². The molecule has 0 aromatic heterocycles. The predicted molar refractivity (Wildman–Crippen MR) is 136 cm³/mol. The molecular weight excluding hydrogens is 440 g/mol. The van der Waals surface area contributed by atoms with Crippen LogP contribution in [0.15, 0.2) is 48.5 Å². The molecule has 0 aliphatic heterocycles. The Balaban J connectivity index is 1.31. The van der Waals surface area contributed by atoms with Crippen LogP contribution in [-0.4, -0.2) is 35.0 Å². The van der Waals surface area contributed by atoms with Crippen LogP contribution in [0.2, 0.25) is 0 Å². The molecule has 5 atom stereocenters. The summed E-state index contributed by atoms with van der Waals surface area (Å²) in [5.41, 5.74) is 3.37. The van der Waals surface area contributed by atoms with Gasteiger partial charge in [-0.1, -0.05) is 68.7 Å². The Morgan fingerprint density at radius 1 is 1.06 bits per heavy atom. The number of benzene rings is 2. The van der Waals surface area contributed by atoms with Crippen molar-refractivity contribution in [2.75, 3.05) is 6.61 Å². The lowest BCUT2D eigenvalue weighted by molar-refractivity contribution is -0.147. The van der Waals surface area contributed by atoms with Crippen molar-refractivity contribution in [2.24, 2.45) is 17.8 Å². The van der Waals surface area contributed by atoms with E-state index in [-0.39, 0.29) is 37.3 Å². The highest BCUT2D eigenvalue weighted by molar-refractivity contribution is 5.71. The minimum Gasteiger partial charge on any atom is -0.482 e. The number of hydrogen-bond acceptors (Lipinski definition) is 5. The zero-order valence-electron chi connectivity index (χ0n) is 20.9. The predicted octanol–water partition coefficient (Wildman–Crippen LogP) is 5.24. The molecule has 2 aromatic rings. The Hall–Kier alpha value is -2.37. The lowest BCUT2D eigenvalue weighted by atomic mass is 9.73. The van der Waals surface area contributed by atoms with Crippen molar-refractivity contribution in [3.8, 4) is 5.75 Å². The number of hydrogen-bond donors (Lipinski definition) is 2. The molecule has 190 valence electrons. The second-order valence-corrected chi connectivity index (χ2v) is 10.4. The van der Waals surface area contributed by atoms with Crippen LogP contribution in [0.3, 0.4) is 0 Å². The second kappa shape index (κ2) is 12.5. The van der Waals surface area contributed by atoms with Crippen LogP contribution in [0.5, 0.6) is 5.75 Å². The molecule has 35 heavy (non-hydrogen) atoms. The topological polar surface area (TPSA) is 76.0 Å². The summed E-state index contributed by atoms with van der Waals surface area (Å²) in [6.45, 7) is 2.31. The smallest absolute Gasteiger partial charge is 0.344 e. The number of aliphatic hydroxyl groups is 2. The second-order valence-electron chi connectivity index (χ2n) is 10.4. The minimum absolute atomic E-state index is 0.113. The number of aliphatic hydroxyl groups excluding tert-OH is 2. The summed E-state index contributed by atoms with van der Waals surface area (Å²) in [5, 5.41) is 21.2. The lowest BCUT2D eigenvalue weighted by Gasteiger charge is -2.32. The summed E-state index contributed by atoms with van der Waals surface area (Å²) in [5.74, 6) is 1.46. The van der Waals surface area contributed by atoms with Crippen LogP contribution in [-0.2, 0) is 29.0 Å². The summed E-state index contributed by atoms with van der Waals surface area (Å²) in [4.78, 5) is 12.2. The van der Waals surface area contributed by atoms with E-state index in [2.05, 4.69) is 13.0 Å². The summed E-state index contributed by atoms with van der Waals surface area (Å²) < 4.78 is 11.3. The number of rotatable bonds is 12. The summed E-state index contributed by atoms with van der Waals surface area (Å²) in [6.07, 6.45) is 7.94. The molecular formula is C30H40O5. The molecule has 2 aliphatic rings. The third-order valence-corrected chi connectivity index (χ3v) is 7.91. The van der Waals surface area contributed by atoms with Crippen molar-refractivity contribution in [1.82, 2.24) is 0 Å². The average Bonchev–Trinajstić information content (AvgIpc) is 3.18. The quantitative estimate of drug-likeness (QED) is 0.321. The molecule has 0 saturated heterocycles. The standard InChI is InChI=1S/C30H40O5/c1-2-3-5-12-24(31)14-15-25-26-16-22-11-8-13-29(27(22)17-23(26)18-28(25)32)34-20-30(33)35-19-21-9-6-4-7-10-21/h4,6-11,13,23-26,28,31-32H,2-3,5,12,14-20H2,1H3. The monoisotopic (exact) mass is 480 g/mol. The van der Waals surface area contributed by atoms with E-state index in [9.17, 15) is 15.0 Å². The zero-order chi connectivity index (χ0) is 24.6. The fourth-order valence-electron chi connectivity index (χ4n) is 6.01. The van der Waals surface area contributed by atoms with Gasteiger partial charge in [0.25, 0.3) is 0 Å². The highest BCUT2D eigenvalue weighted by Crippen LogP contribution is 2.48. The molecule has 2 N–H and O–H groups in total. The maximum atomic E-state index is 12.2. The summed E-state index contributed by atoms with van der Waals surface area (Å²) in [7, 11) is 0. The SMILES string of the molecule is CCCCCC(O)CCC1C(O)CC2Cc3c(cccc3OCC(=O)OCc3ccccc3)CC21. The summed E-state index contributed by atoms with van der Waals surface area (Å²) >= 11 is 0. The molecule has 0 heterocycles. The number of ether oxygens (including phenoxy) is 2. The van der Waals surface area contributed by atoms with E-state index in [0.29, 0.717) is 11.8 Å². The van der Waals surface area contributed by atoms with Crippen molar-refractivity contribution in [2.45, 2.75) is 83.5 Å². The van der Waals surface area contributed by atoms with Gasteiger partial charge in [0, 0.05) is 0 Å². The zero-order valence-corrected chi connectivity index (χ0v) is 20.9. The van der Waals surface area contributed by atoms with Gasteiger partial charge in [-0.05, 0) is 79.0 Å². The van der Waals surface area contributed by atoms with Gasteiger partial charge in [0.1, 0.15) is 12.4 Å². The normalized spacial score (nSPS) is 23.9. The molecule has 2 aromatic carbocycles. The highest BCUT2D eigenvalue weighted by Gasteiger charge is 2.44.